The molecule has 2 N–H and O–H groups in total. The minimum absolute atomic E-state index is 0.0255. The molecule has 0 radical (unpaired) electrons. The van der Waals surface area contributed by atoms with Crippen LogP contribution in [0.1, 0.15) is 122 Å². The molecule has 0 aliphatic heterocycles. The molecule has 1 unspecified atom stereocenters. The summed E-state index contributed by atoms with van der Waals surface area (Å²) >= 11 is 6.37. The minimum Gasteiger partial charge on any atom is -0.446 e. The van der Waals surface area contributed by atoms with Crippen LogP contribution in [0.2, 0.25) is 19.1 Å². The van der Waals surface area contributed by atoms with E-state index < -0.39 is 13.5 Å². The number of halogens is 1. The smallest absolute Gasteiger partial charge is 0.404 e. The first-order chi connectivity index (χ1) is 13.8. The number of hydrogen-bond donors (Lipinski definition) is 1. The van der Waals surface area contributed by atoms with E-state index in [1.54, 1.807) is 0 Å². The second kappa shape index (κ2) is 19.7. The molecule has 0 fully saturated rings. The second-order valence-corrected chi connectivity index (χ2v) is 16.4. The highest BCUT2D eigenvalue weighted by Gasteiger charge is 2.19. The summed E-state index contributed by atoms with van der Waals surface area (Å²) < 4.78 is 5.30. The number of primary amides is 1. The van der Waals surface area contributed by atoms with E-state index in [9.17, 15) is 4.79 Å². The number of amides is 1. The molecule has 0 saturated heterocycles. The van der Waals surface area contributed by atoms with E-state index >= 15 is 0 Å². The summed E-state index contributed by atoms with van der Waals surface area (Å²) in [5.74, 6) is 0. The fraction of sp³-hybridized carbons (Fsp3) is 0.958. The highest BCUT2D eigenvalue weighted by atomic mass is 35.6. The number of unbranched alkanes of at least 4 members (excludes halogenated alkanes) is 14. The molecule has 1 atom stereocenters. The molecule has 0 aromatic rings. The third-order valence-corrected chi connectivity index (χ3v) is 7.82. The van der Waals surface area contributed by atoms with E-state index in [4.69, 9.17) is 21.5 Å². The molecular formula is C24H50ClNO2Si. The van der Waals surface area contributed by atoms with Crippen molar-refractivity contribution in [2.45, 2.75) is 148 Å². The van der Waals surface area contributed by atoms with Gasteiger partial charge in [0.2, 0.25) is 0 Å². The van der Waals surface area contributed by atoms with Gasteiger partial charge in [-0.1, -0.05) is 116 Å². The van der Waals surface area contributed by atoms with Crippen LogP contribution in [0.25, 0.3) is 0 Å². The fourth-order valence-electron chi connectivity index (χ4n) is 3.92. The Morgan fingerprint density at radius 3 is 1.52 bits per heavy atom. The summed E-state index contributed by atoms with van der Waals surface area (Å²) in [6, 6.07) is 1.06. The Labute approximate surface area is 187 Å². The molecule has 174 valence electrons. The number of nitrogens with two attached hydrogens (primary N) is 1. The molecule has 0 bridgehead atoms. The lowest BCUT2D eigenvalue weighted by atomic mass is 10.0. The quantitative estimate of drug-likeness (QED) is 0.108. The van der Waals surface area contributed by atoms with Crippen molar-refractivity contribution < 1.29 is 9.53 Å². The molecule has 0 spiro atoms. The van der Waals surface area contributed by atoms with Crippen molar-refractivity contribution in [2.75, 3.05) is 0 Å². The predicted octanol–water partition coefficient (Wildman–Crippen LogP) is 8.94. The molecule has 0 rings (SSSR count). The van der Waals surface area contributed by atoms with Gasteiger partial charge in [0.25, 0.3) is 0 Å². The zero-order valence-electron chi connectivity index (χ0n) is 19.8. The van der Waals surface area contributed by atoms with E-state index in [-0.39, 0.29) is 6.10 Å². The Hall–Kier alpha value is -0.223. The summed E-state index contributed by atoms with van der Waals surface area (Å²) in [5, 5.41) is 0. The van der Waals surface area contributed by atoms with Gasteiger partial charge >= 0.3 is 6.09 Å². The summed E-state index contributed by atoms with van der Waals surface area (Å²) in [5.41, 5.74) is 5.23. The molecule has 0 saturated carbocycles. The van der Waals surface area contributed by atoms with Crippen LogP contribution in [-0.2, 0) is 4.74 Å². The molecule has 0 aromatic carbocycles. The monoisotopic (exact) mass is 447 g/mol. The van der Waals surface area contributed by atoms with Crippen LogP contribution in [0.15, 0.2) is 0 Å². The molecule has 5 heteroatoms. The number of hydrogen-bond acceptors (Lipinski definition) is 2. The molecule has 1 amide bonds. The van der Waals surface area contributed by atoms with Crippen LogP contribution < -0.4 is 5.73 Å². The van der Waals surface area contributed by atoms with Gasteiger partial charge in [-0.05, 0) is 25.3 Å². The third kappa shape index (κ3) is 23.9. The van der Waals surface area contributed by atoms with Crippen molar-refractivity contribution in [2.24, 2.45) is 5.73 Å². The van der Waals surface area contributed by atoms with E-state index in [0.29, 0.717) is 0 Å². The normalized spacial score (nSPS) is 12.8. The summed E-state index contributed by atoms with van der Waals surface area (Å²) in [4.78, 5) is 11.1. The molecule has 3 nitrogen and oxygen atoms in total. The third-order valence-electron chi connectivity index (χ3n) is 5.71. The highest BCUT2D eigenvalue weighted by molar-refractivity contribution is 7.19. The van der Waals surface area contributed by atoms with Crippen molar-refractivity contribution in [3.63, 3.8) is 0 Å². The lowest BCUT2D eigenvalue weighted by molar-refractivity contribution is 0.0935. The van der Waals surface area contributed by atoms with E-state index in [1.807, 2.05) is 0 Å². The minimum atomic E-state index is -1.54. The van der Waals surface area contributed by atoms with Gasteiger partial charge in [-0.3, -0.25) is 0 Å². The highest BCUT2D eigenvalue weighted by Crippen LogP contribution is 2.21. The number of carbonyl (C=O) groups is 1. The average Bonchev–Trinajstić information content (AvgIpc) is 2.63. The summed E-state index contributed by atoms with van der Waals surface area (Å²) in [6.07, 6.45) is 22.7. The van der Waals surface area contributed by atoms with Gasteiger partial charge in [0.1, 0.15) is 13.5 Å². The molecule has 29 heavy (non-hydrogen) atoms. The lowest BCUT2D eigenvalue weighted by Gasteiger charge is -2.18. The van der Waals surface area contributed by atoms with E-state index in [0.717, 1.165) is 31.7 Å². The Kier molecular flexibility index (Phi) is 19.6. The number of carbonyl (C=O) groups excluding carboxylic acids is 1. The first kappa shape index (κ1) is 28.8. The van der Waals surface area contributed by atoms with Gasteiger partial charge in [-0.15, -0.1) is 0 Å². The number of rotatable bonds is 21. The van der Waals surface area contributed by atoms with Crippen molar-refractivity contribution in [1.29, 1.82) is 0 Å². The maximum absolute atomic E-state index is 11.1. The van der Waals surface area contributed by atoms with E-state index in [1.165, 1.54) is 89.9 Å². The van der Waals surface area contributed by atoms with Gasteiger partial charge < -0.3 is 10.5 Å². The van der Waals surface area contributed by atoms with Crippen LogP contribution in [0.3, 0.4) is 0 Å². The molecule has 0 aliphatic carbocycles. The fourth-order valence-corrected chi connectivity index (χ4v) is 5.37. The van der Waals surface area contributed by atoms with Crippen molar-refractivity contribution in [3.8, 4) is 0 Å². The summed E-state index contributed by atoms with van der Waals surface area (Å²) in [6.45, 7) is 6.60. The van der Waals surface area contributed by atoms with Crippen LogP contribution >= 0.6 is 11.1 Å². The maximum atomic E-state index is 11.1. The summed E-state index contributed by atoms with van der Waals surface area (Å²) in [7, 11) is -1.54. The van der Waals surface area contributed by atoms with Crippen LogP contribution in [0.5, 0.6) is 0 Å². The van der Waals surface area contributed by atoms with Gasteiger partial charge in [-0.2, -0.15) is 11.1 Å². The van der Waals surface area contributed by atoms with Gasteiger partial charge in [0.05, 0.1) is 0 Å². The Bertz CT molecular complexity index is 374. The largest absolute Gasteiger partial charge is 0.446 e. The first-order valence-corrected chi connectivity index (χ1v) is 16.7. The lowest BCUT2D eigenvalue weighted by Crippen LogP contribution is -2.24. The predicted molar refractivity (Wildman–Crippen MR) is 131 cm³/mol. The van der Waals surface area contributed by atoms with Crippen LogP contribution in [0, 0.1) is 0 Å². The second-order valence-electron chi connectivity index (χ2n) is 9.41. The first-order valence-electron chi connectivity index (χ1n) is 12.5. The maximum Gasteiger partial charge on any atom is 0.404 e. The number of ether oxygens (including phenoxy) is 1. The zero-order chi connectivity index (χ0) is 21.8. The van der Waals surface area contributed by atoms with Gasteiger partial charge in [0.15, 0.2) is 0 Å². The van der Waals surface area contributed by atoms with Gasteiger partial charge in [-0.25, -0.2) is 4.79 Å². The Balaban J connectivity index is 3.49. The zero-order valence-corrected chi connectivity index (χ0v) is 21.5. The Morgan fingerprint density at radius 2 is 1.14 bits per heavy atom. The van der Waals surface area contributed by atoms with Crippen LogP contribution in [-0.4, -0.2) is 19.6 Å². The molecule has 0 aromatic heterocycles. The molecule has 0 heterocycles. The standard InChI is InChI=1S/C24H50ClNO2Si/c1-4-5-6-7-8-9-10-11-12-13-14-15-16-17-18-20-23(28-24(26)27)21-19-22-29(2,3)25/h23H,4-22H2,1-3H3,(H2,26,27). The Morgan fingerprint density at radius 1 is 0.759 bits per heavy atom. The topological polar surface area (TPSA) is 52.3 Å². The molecular weight excluding hydrogens is 398 g/mol. The van der Waals surface area contributed by atoms with E-state index in [2.05, 4.69) is 20.0 Å². The average molecular weight is 448 g/mol. The SMILES string of the molecule is CCCCCCCCCCCCCCCCCC(CCC[Si](C)(C)Cl)OC(N)=O. The van der Waals surface area contributed by atoms with Crippen molar-refractivity contribution in [1.82, 2.24) is 0 Å². The van der Waals surface area contributed by atoms with Gasteiger partial charge in [0, 0.05) is 0 Å². The van der Waals surface area contributed by atoms with Crippen molar-refractivity contribution >= 4 is 24.6 Å². The van der Waals surface area contributed by atoms with Crippen molar-refractivity contribution in [3.05, 3.63) is 0 Å². The van der Waals surface area contributed by atoms with Crippen LogP contribution in [0.4, 0.5) is 4.79 Å². The molecule has 0 aliphatic rings.